The zero-order chi connectivity index (χ0) is 14.4. The van der Waals surface area contributed by atoms with E-state index in [4.69, 9.17) is 15.2 Å². The number of carbonyl (C=O) groups excluding carboxylic acids is 1. The van der Waals surface area contributed by atoms with Crippen LogP contribution < -0.4 is 10.6 Å². The highest BCUT2D eigenvalue weighted by atomic mass is 16.5. The fourth-order valence-electron chi connectivity index (χ4n) is 2.16. The summed E-state index contributed by atoms with van der Waals surface area (Å²) in [6, 6.07) is 7.18. The van der Waals surface area contributed by atoms with Gasteiger partial charge in [0.05, 0.1) is 12.7 Å². The summed E-state index contributed by atoms with van der Waals surface area (Å²) in [6.07, 6.45) is 3.45. The molecule has 0 bridgehead atoms. The van der Waals surface area contributed by atoms with Crippen LogP contribution in [0.1, 0.15) is 19.3 Å². The van der Waals surface area contributed by atoms with Gasteiger partial charge in [-0.05, 0) is 43.5 Å². The molecule has 0 aromatic heterocycles. The van der Waals surface area contributed by atoms with E-state index in [1.54, 1.807) is 24.1 Å². The van der Waals surface area contributed by atoms with Crippen LogP contribution in [0.15, 0.2) is 24.3 Å². The van der Waals surface area contributed by atoms with Crippen LogP contribution in [-0.4, -0.2) is 38.9 Å². The maximum atomic E-state index is 12.0. The number of nitrogen functional groups attached to an aromatic ring is 1. The van der Waals surface area contributed by atoms with Crippen molar-refractivity contribution in [1.82, 2.24) is 0 Å². The molecule has 0 spiro atoms. The Bertz CT molecular complexity index is 427. The lowest BCUT2D eigenvalue weighted by molar-refractivity contribution is -0.125. The van der Waals surface area contributed by atoms with E-state index in [9.17, 15) is 4.79 Å². The fourth-order valence-corrected chi connectivity index (χ4v) is 2.16. The van der Waals surface area contributed by atoms with E-state index in [-0.39, 0.29) is 18.6 Å². The minimum absolute atomic E-state index is 0.0702. The van der Waals surface area contributed by atoms with Crippen LogP contribution in [0, 0.1) is 0 Å². The van der Waals surface area contributed by atoms with E-state index in [1.165, 1.54) is 6.42 Å². The molecule has 2 N–H and O–H groups in total. The first kappa shape index (κ1) is 14.8. The molecule has 2 rings (SSSR count). The van der Waals surface area contributed by atoms with Crippen molar-refractivity contribution in [2.75, 3.05) is 37.5 Å². The molecule has 1 saturated heterocycles. The van der Waals surface area contributed by atoms with Crippen LogP contribution in [0.25, 0.3) is 0 Å². The number of ether oxygens (including phenoxy) is 2. The van der Waals surface area contributed by atoms with Crippen molar-refractivity contribution in [1.29, 1.82) is 0 Å². The van der Waals surface area contributed by atoms with Crippen molar-refractivity contribution in [2.45, 2.75) is 25.4 Å². The van der Waals surface area contributed by atoms with E-state index in [0.29, 0.717) is 12.3 Å². The number of anilines is 2. The summed E-state index contributed by atoms with van der Waals surface area (Å²) in [5.41, 5.74) is 7.11. The molecule has 1 unspecified atom stereocenters. The van der Waals surface area contributed by atoms with Crippen molar-refractivity contribution in [3.05, 3.63) is 24.3 Å². The smallest absolute Gasteiger partial charge is 0.252 e. The third-order valence-electron chi connectivity index (χ3n) is 3.46. The van der Waals surface area contributed by atoms with E-state index >= 15 is 0 Å². The lowest BCUT2D eigenvalue weighted by Crippen LogP contribution is -2.32. The molecule has 5 heteroatoms. The Labute approximate surface area is 119 Å². The van der Waals surface area contributed by atoms with Crippen LogP contribution in [0.5, 0.6) is 0 Å². The highest BCUT2D eigenvalue weighted by Crippen LogP contribution is 2.15. The van der Waals surface area contributed by atoms with Gasteiger partial charge in [-0.1, -0.05) is 0 Å². The molecule has 1 amide bonds. The Kier molecular flexibility index (Phi) is 5.38. The number of nitrogens with two attached hydrogens (primary N) is 1. The zero-order valence-electron chi connectivity index (χ0n) is 11.9. The Hall–Kier alpha value is -1.59. The predicted octanol–water partition coefficient (Wildman–Crippen LogP) is 1.82. The van der Waals surface area contributed by atoms with Gasteiger partial charge in [0.2, 0.25) is 0 Å². The largest absolute Gasteiger partial charge is 0.399 e. The van der Waals surface area contributed by atoms with E-state index in [0.717, 1.165) is 25.1 Å². The molecule has 1 aromatic rings. The predicted molar refractivity (Wildman–Crippen MR) is 78.7 cm³/mol. The number of nitrogens with zero attached hydrogens (tertiary/aromatic N) is 1. The van der Waals surface area contributed by atoms with Gasteiger partial charge in [-0.3, -0.25) is 4.79 Å². The van der Waals surface area contributed by atoms with E-state index in [2.05, 4.69) is 0 Å². The monoisotopic (exact) mass is 278 g/mol. The molecule has 5 nitrogen and oxygen atoms in total. The molecular formula is C15H22N2O3. The van der Waals surface area contributed by atoms with Crippen LogP contribution in [0.2, 0.25) is 0 Å². The van der Waals surface area contributed by atoms with Crippen molar-refractivity contribution >= 4 is 17.3 Å². The Morgan fingerprint density at radius 1 is 1.40 bits per heavy atom. The van der Waals surface area contributed by atoms with Gasteiger partial charge in [0, 0.05) is 25.0 Å². The highest BCUT2D eigenvalue weighted by Gasteiger charge is 2.16. The number of hydrogen-bond acceptors (Lipinski definition) is 4. The molecule has 0 saturated carbocycles. The first-order chi connectivity index (χ1) is 9.66. The Morgan fingerprint density at radius 3 is 2.80 bits per heavy atom. The third kappa shape index (κ3) is 4.21. The van der Waals surface area contributed by atoms with Crippen LogP contribution in [0.4, 0.5) is 11.4 Å². The van der Waals surface area contributed by atoms with Gasteiger partial charge in [-0.15, -0.1) is 0 Å². The third-order valence-corrected chi connectivity index (χ3v) is 3.46. The molecule has 110 valence electrons. The van der Waals surface area contributed by atoms with Crippen molar-refractivity contribution in [3.63, 3.8) is 0 Å². The number of likely N-dealkylation sites (N-methyl/N-ethyl adjacent to an activating group) is 1. The standard InChI is InChI=1S/C15H22N2O3/c1-17(13-7-5-12(16)6-8-13)15(18)11-19-10-14-4-2-3-9-20-14/h5-8,14H,2-4,9-11,16H2,1H3. The summed E-state index contributed by atoms with van der Waals surface area (Å²) >= 11 is 0. The van der Waals surface area contributed by atoms with E-state index < -0.39 is 0 Å². The zero-order valence-corrected chi connectivity index (χ0v) is 11.9. The second kappa shape index (κ2) is 7.26. The molecule has 1 atom stereocenters. The maximum Gasteiger partial charge on any atom is 0.252 e. The van der Waals surface area contributed by atoms with Crippen molar-refractivity contribution in [2.24, 2.45) is 0 Å². The van der Waals surface area contributed by atoms with Crippen molar-refractivity contribution < 1.29 is 14.3 Å². The van der Waals surface area contributed by atoms with Gasteiger partial charge in [0.1, 0.15) is 6.61 Å². The number of rotatable bonds is 5. The van der Waals surface area contributed by atoms with Gasteiger partial charge >= 0.3 is 0 Å². The minimum Gasteiger partial charge on any atom is -0.399 e. The van der Waals surface area contributed by atoms with Gasteiger partial charge in [-0.2, -0.15) is 0 Å². The highest BCUT2D eigenvalue weighted by molar-refractivity contribution is 5.93. The normalized spacial score (nSPS) is 18.8. The van der Waals surface area contributed by atoms with Crippen LogP contribution in [-0.2, 0) is 14.3 Å². The second-order valence-electron chi connectivity index (χ2n) is 5.05. The number of amides is 1. The van der Waals surface area contributed by atoms with Crippen LogP contribution >= 0.6 is 0 Å². The Balaban J connectivity index is 1.74. The lowest BCUT2D eigenvalue weighted by Gasteiger charge is -2.23. The summed E-state index contributed by atoms with van der Waals surface area (Å²) in [5, 5.41) is 0. The SMILES string of the molecule is CN(C(=O)COCC1CCCCO1)c1ccc(N)cc1. The fraction of sp³-hybridized carbons (Fsp3) is 0.533. The quantitative estimate of drug-likeness (QED) is 0.834. The first-order valence-corrected chi connectivity index (χ1v) is 6.98. The molecule has 0 aliphatic carbocycles. The number of hydrogen-bond donors (Lipinski definition) is 1. The molecule has 1 aromatic carbocycles. The Morgan fingerprint density at radius 2 is 2.15 bits per heavy atom. The van der Waals surface area contributed by atoms with Gasteiger partial charge in [0.25, 0.3) is 5.91 Å². The maximum absolute atomic E-state index is 12.0. The molecular weight excluding hydrogens is 256 g/mol. The van der Waals surface area contributed by atoms with Gasteiger partial charge < -0.3 is 20.1 Å². The molecule has 1 fully saturated rings. The lowest BCUT2D eigenvalue weighted by atomic mass is 10.1. The molecule has 1 aliphatic rings. The van der Waals surface area contributed by atoms with Gasteiger partial charge in [-0.25, -0.2) is 0 Å². The first-order valence-electron chi connectivity index (χ1n) is 6.98. The average Bonchev–Trinajstić information content (AvgIpc) is 2.48. The van der Waals surface area contributed by atoms with Crippen LogP contribution in [0.3, 0.4) is 0 Å². The summed E-state index contributed by atoms with van der Waals surface area (Å²) < 4.78 is 11.0. The number of benzene rings is 1. The van der Waals surface area contributed by atoms with Gasteiger partial charge in [0.15, 0.2) is 0 Å². The summed E-state index contributed by atoms with van der Waals surface area (Å²) in [7, 11) is 1.73. The number of carbonyl (C=O) groups is 1. The summed E-state index contributed by atoms with van der Waals surface area (Å²) in [5.74, 6) is -0.0782. The summed E-state index contributed by atoms with van der Waals surface area (Å²) in [4.78, 5) is 13.6. The summed E-state index contributed by atoms with van der Waals surface area (Å²) in [6.45, 7) is 1.36. The second-order valence-corrected chi connectivity index (χ2v) is 5.05. The molecule has 1 heterocycles. The molecule has 0 radical (unpaired) electrons. The molecule has 1 aliphatic heterocycles. The van der Waals surface area contributed by atoms with Crippen molar-refractivity contribution in [3.8, 4) is 0 Å². The molecule has 20 heavy (non-hydrogen) atoms. The topological polar surface area (TPSA) is 64.8 Å². The minimum atomic E-state index is -0.0782. The van der Waals surface area contributed by atoms with E-state index in [1.807, 2.05) is 12.1 Å². The average molecular weight is 278 g/mol.